The fraction of sp³-hybridized carbons (Fsp3) is 0.308. The molecular formula is C13H14Cl2N2O2. The minimum Gasteiger partial charge on any atom is -0.444 e. The smallest absolute Gasteiger partial charge is 0.227 e. The molecule has 0 saturated carbocycles. The van der Waals surface area contributed by atoms with Crippen LogP contribution >= 0.6 is 23.2 Å². The number of nitrogens with zero attached hydrogens (tertiary/aromatic N) is 1. The standard InChI is InChI=1S/C13H14Cl2N2O2/c1-18-6-5-16-7-9-8-19-13(17-9)10-3-2-4-11(14)12(10)15/h2-4,8,16H,5-7H2,1H3. The van der Waals surface area contributed by atoms with Gasteiger partial charge in [-0.2, -0.15) is 0 Å². The van der Waals surface area contributed by atoms with Crippen molar-refractivity contribution < 1.29 is 9.15 Å². The lowest BCUT2D eigenvalue weighted by Gasteiger charge is -2.01. The van der Waals surface area contributed by atoms with Gasteiger partial charge in [0, 0.05) is 20.2 Å². The second-order valence-electron chi connectivity index (χ2n) is 3.91. The highest BCUT2D eigenvalue weighted by molar-refractivity contribution is 6.43. The second kappa shape index (κ2) is 6.91. The number of hydrogen-bond donors (Lipinski definition) is 1. The van der Waals surface area contributed by atoms with E-state index < -0.39 is 0 Å². The molecule has 0 unspecified atom stereocenters. The minimum absolute atomic E-state index is 0.449. The molecule has 0 aliphatic rings. The Bertz CT molecular complexity index is 543. The second-order valence-corrected chi connectivity index (χ2v) is 4.70. The van der Waals surface area contributed by atoms with E-state index in [9.17, 15) is 0 Å². The van der Waals surface area contributed by atoms with Crippen LogP contribution in [0.5, 0.6) is 0 Å². The van der Waals surface area contributed by atoms with Crippen LogP contribution in [0, 0.1) is 0 Å². The summed E-state index contributed by atoms with van der Waals surface area (Å²) in [5.74, 6) is 0.469. The summed E-state index contributed by atoms with van der Waals surface area (Å²) in [5.41, 5.74) is 1.50. The molecule has 6 heteroatoms. The summed E-state index contributed by atoms with van der Waals surface area (Å²) >= 11 is 12.1. The lowest BCUT2D eigenvalue weighted by atomic mass is 10.2. The van der Waals surface area contributed by atoms with Gasteiger partial charge in [0.1, 0.15) is 6.26 Å². The molecule has 1 N–H and O–H groups in total. The Hall–Kier alpha value is -1.07. The number of methoxy groups -OCH3 is 1. The zero-order chi connectivity index (χ0) is 13.7. The summed E-state index contributed by atoms with van der Waals surface area (Å²) in [6, 6.07) is 5.36. The molecule has 2 aromatic rings. The van der Waals surface area contributed by atoms with Crippen LogP contribution in [0.25, 0.3) is 11.5 Å². The third-order valence-corrected chi connectivity index (χ3v) is 3.34. The molecule has 0 aliphatic heterocycles. The van der Waals surface area contributed by atoms with Crippen molar-refractivity contribution in [1.29, 1.82) is 0 Å². The SMILES string of the molecule is COCCNCc1coc(-c2cccc(Cl)c2Cl)n1. The number of ether oxygens (including phenoxy) is 1. The normalized spacial score (nSPS) is 10.9. The van der Waals surface area contributed by atoms with Crippen LogP contribution in [-0.4, -0.2) is 25.2 Å². The van der Waals surface area contributed by atoms with E-state index in [0.717, 1.165) is 12.2 Å². The molecule has 0 spiro atoms. The molecule has 4 nitrogen and oxygen atoms in total. The van der Waals surface area contributed by atoms with Gasteiger partial charge in [-0.3, -0.25) is 0 Å². The third kappa shape index (κ3) is 3.70. The molecule has 0 radical (unpaired) electrons. The number of hydrogen-bond acceptors (Lipinski definition) is 4. The van der Waals surface area contributed by atoms with Crippen molar-refractivity contribution >= 4 is 23.2 Å². The van der Waals surface area contributed by atoms with E-state index in [0.29, 0.717) is 34.7 Å². The minimum atomic E-state index is 0.449. The predicted molar refractivity (Wildman–Crippen MR) is 75.5 cm³/mol. The Kier molecular flexibility index (Phi) is 5.22. The van der Waals surface area contributed by atoms with Gasteiger partial charge in [0.05, 0.1) is 27.9 Å². The molecule has 0 amide bonds. The van der Waals surface area contributed by atoms with Crippen LogP contribution < -0.4 is 5.32 Å². The quantitative estimate of drug-likeness (QED) is 0.831. The van der Waals surface area contributed by atoms with Crippen molar-refractivity contribution in [2.45, 2.75) is 6.54 Å². The molecule has 1 aromatic heterocycles. The van der Waals surface area contributed by atoms with Crippen LogP contribution in [0.15, 0.2) is 28.9 Å². The number of oxazole rings is 1. The van der Waals surface area contributed by atoms with Crippen molar-refractivity contribution in [3.05, 3.63) is 40.2 Å². The van der Waals surface area contributed by atoms with E-state index in [-0.39, 0.29) is 0 Å². The highest BCUT2D eigenvalue weighted by atomic mass is 35.5. The van der Waals surface area contributed by atoms with Gasteiger partial charge in [0.15, 0.2) is 0 Å². The number of halogens is 2. The van der Waals surface area contributed by atoms with Crippen molar-refractivity contribution in [2.75, 3.05) is 20.3 Å². The van der Waals surface area contributed by atoms with Crippen molar-refractivity contribution in [3.8, 4) is 11.5 Å². The van der Waals surface area contributed by atoms with Crippen molar-refractivity contribution in [1.82, 2.24) is 10.3 Å². The highest BCUT2D eigenvalue weighted by Gasteiger charge is 2.12. The van der Waals surface area contributed by atoms with Crippen LogP contribution in [0.2, 0.25) is 10.0 Å². The zero-order valence-corrected chi connectivity index (χ0v) is 12.0. The van der Waals surface area contributed by atoms with Gasteiger partial charge in [0.2, 0.25) is 5.89 Å². The van der Waals surface area contributed by atoms with Gasteiger partial charge in [-0.1, -0.05) is 29.3 Å². The summed E-state index contributed by atoms with van der Waals surface area (Å²) in [5, 5.41) is 4.12. The van der Waals surface area contributed by atoms with Crippen LogP contribution in [0.1, 0.15) is 5.69 Å². The van der Waals surface area contributed by atoms with Gasteiger partial charge in [-0.15, -0.1) is 0 Å². The molecule has 102 valence electrons. The van der Waals surface area contributed by atoms with Crippen molar-refractivity contribution in [3.63, 3.8) is 0 Å². The first-order valence-corrected chi connectivity index (χ1v) is 6.56. The highest BCUT2D eigenvalue weighted by Crippen LogP contribution is 2.32. The van der Waals surface area contributed by atoms with Gasteiger partial charge in [-0.25, -0.2) is 4.98 Å². The average Bonchev–Trinajstić information content (AvgIpc) is 2.87. The maximum absolute atomic E-state index is 6.12. The molecule has 0 fully saturated rings. The van der Waals surface area contributed by atoms with Crippen molar-refractivity contribution in [2.24, 2.45) is 0 Å². The summed E-state index contributed by atoms with van der Waals surface area (Å²) < 4.78 is 10.4. The lowest BCUT2D eigenvalue weighted by molar-refractivity contribution is 0.199. The Balaban J connectivity index is 2.06. The molecular weight excluding hydrogens is 287 g/mol. The van der Waals surface area contributed by atoms with E-state index >= 15 is 0 Å². The Morgan fingerprint density at radius 2 is 2.21 bits per heavy atom. The summed E-state index contributed by atoms with van der Waals surface area (Å²) in [6.45, 7) is 2.03. The topological polar surface area (TPSA) is 47.3 Å². The first-order valence-electron chi connectivity index (χ1n) is 5.81. The first kappa shape index (κ1) is 14.3. The van der Waals surface area contributed by atoms with Gasteiger partial charge in [-0.05, 0) is 12.1 Å². The zero-order valence-electron chi connectivity index (χ0n) is 10.5. The monoisotopic (exact) mass is 300 g/mol. The summed E-state index contributed by atoms with van der Waals surface area (Å²) in [4.78, 5) is 4.37. The van der Waals surface area contributed by atoms with Crippen LogP contribution in [-0.2, 0) is 11.3 Å². The molecule has 0 bridgehead atoms. The molecule has 1 heterocycles. The maximum Gasteiger partial charge on any atom is 0.227 e. The van der Waals surface area contributed by atoms with Crippen LogP contribution in [0.4, 0.5) is 0 Å². The number of aromatic nitrogens is 1. The largest absolute Gasteiger partial charge is 0.444 e. The number of rotatable bonds is 6. The fourth-order valence-electron chi connectivity index (χ4n) is 1.57. The average molecular weight is 301 g/mol. The van der Waals surface area contributed by atoms with Crippen LogP contribution in [0.3, 0.4) is 0 Å². The summed E-state index contributed by atoms with van der Waals surface area (Å²) in [7, 11) is 1.66. The van der Waals surface area contributed by atoms with Gasteiger partial charge >= 0.3 is 0 Å². The Morgan fingerprint density at radius 1 is 1.37 bits per heavy atom. The van der Waals surface area contributed by atoms with E-state index in [1.54, 1.807) is 19.4 Å². The van der Waals surface area contributed by atoms with E-state index in [1.807, 2.05) is 12.1 Å². The maximum atomic E-state index is 6.12. The first-order chi connectivity index (χ1) is 9.22. The molecule has 0 saturated heterocycles. The number of nitrogens with one attached hydrogen (secondary N) is 1. The molecule has 2 rings (SSSR count). The summed E-state index contributed by atoms with van der Waals surface area (Å²) in [6.07, 6.45) is 1.60. The van der Waals surface area contributed by atoms with E-state index in [1.165, 1.54) is 0 Å². The lowest BCUT2D eigenvalue weighted by Crippen LogP contribution is -2.18. The third-order valence-electron chi connectivity index (χ3n) is 2.52. The fourth-order valence-corrected chi connectivity index (χ4v) is 1.95. The van der Waals surface area contributed by atoms with Gasteiger partial charge < -0.3 is 14.5 Å². The number of benzene rings is 1. The molecule has 0 aliphatic carbocycles. The predicted octanol–water partition coefficient (Wildman–Crippen LogP) is 3.38. The molecule has 0 atom stereocenters. The van der Waals surface area contributed by atoms with Gasteiger partial charge in [0.25, 0.3) is 0 Å². The molecule has 1 aromatic carbocycles. The van der Waals surface area contributed by atoms with E-state index in [2.05, 4.69) is 10.3 Å². The van der Waals surface area contributed by atoms with E-state index in [4.69, 9.17) is 32.4 Å². The Morgan fingerprint density at radius 3 is 3.00 bits per heavy atom. The Labute approximate surface area is 121 Å². The molecule has 19 heavy (non-hydrogen) atoms.